The van der Waals surface area contributed by atoms with Crippen LogP contribution >= 0.6 is 0 Å². The summed E-state index contributed by atoms with van der Waals surface area (Å²) in [5.41, 5.74) is 0.159. The van der Waals surface area contributed by atoms with Crippen LogP contribution in [-0.4, -0.2) is 52.9 Å². The van der Waals surface area contributed by atoms with Gasteiger partial charge in [0.1, 0.15) is 5.69 Å². The summed E-state index contributed by atoms with van der Waals surface area (Å²) < 4.78 is 5.09. The zero-order chi connectivity index (χ0) is 15.7. The Balaban J connectivity index is 2.80. The minimum atomic E-state index is -0.504. The molecule has 1 aromatic heterocycles. The number of aryl methyl sites for hydroxylation is 1. The van der Waals surface area contributed by atoms with Crippen molar-refractivity contribution in [3.8, 4) is 0 Å². The molecular formula is C12H21N5O4. The highest BCUT2D eigenvalue weighted by molar-refractivity contribution is 5.60. The largest absolute Gasteiger partial charge is 0.394 e. The van der Waals surface area contributed by atoms with Gasteiger partial charge in [0.15, 0.2) is 0 Å². The summed E-state index contributed by atoms with van der Waals surface area (Å²) in [7, 11) is 0. The molecule has 0 spiro atoms. The lowest BCUT2D eigenvalue weighted by molar-refractivity contribution is -0.385. The van der Waals surface area contributed by atoms with Crippen molar-refractivity contribution in [1.82, 2.24) is 9.97 Å². The Kier molecular flexibility index (Phi) is 7.33. The van der Waals surface area contributed by atoms with E-state index in [4.69, 9.17) is 9.84 Å². The summed E-state index contributed by atoms with van der Waals surface area (Å²) >= 11 is 0. The number of aliphatic hydroxyl groups excluding tert-OH is 1. The number of aromatic nitrogens is 2. The zero-order valence-corrected chi connectivity index (χ0v) is 12.3. The molecule has 0 saturated carbocycles. The van der Waals surface area contributed by atoms with Crippen molar-refractivity contribution in [1.29, 1.82) is 0 Å². The summed E-state index contributed by atoms with van der Waals surface area (Å²) in [6.45, 7) is 5.11. The van der Waals surface area contributed by atoms with E-state index in [1.54, 1.807) is 6.92 Å². The number of rotatable bonds is 10. The molecule has 0 aliphatic carbocycles. The second-order valence-corrected chi connectivity index (χ2v) is 4.28. The standard InChI is InChI=1S/C12H21N5O4/c1-3-4-14-12-15-9(2)10(17(19)20)11(16-12)13-5-7-21-8-6-18/h18H,3-8H2,1-2H3,(H2,13,14,15,16). The molecule has 0 unspecified atom stereocenters. The van der Waals surface area contributed by atoms with Gasteiger partial charge in [-0.15, -0.1) is 0 Å². The van der Waals surface area contributed by atoms with Crippen molar-refractivity contribution >= 4 is 17.5 Å². The molecule has 0 saturated heterocycles. The number of nitro groups is 1. The van der Waals surface area contributed by atoms with Crippen LogP contribution in [0.5, 0.6) is 0 Å². The van der Waals surface area contributed by atoms with Crippen LogP contribution in [0.25, 0.3) is 0 Å². The molecule has 21 heavy (non-hydrogen) atoms. The Labute approximate surface area is 122 Å². The van der Waals surface area contributed by atoms with E-state index in [0.29, 0.717) is 31.3 Å². The molecule has 9 heteroatoms. The molecule has 118 valence electrons. The van der Waals surface area contributed by atoms with Gasteiger partial charge in [-0.1, -0.05) is 6.92 Å². The first-order valence-electron chi connectivity index (χ1n) is 6.79. The molecule has 1 rings (SSSR count). The van der Waals surface area contributed by atoms with E-state index >= 15 is 0 Å². The third-order valence-corrected chi connectivity index (χ3v) is 2.55. The van der Waals surface area contributed by atoms with E-state index in [2.05, 4.69) is 20.6 Å². The molecule has 0 amide bonds. The highest BCUT2D eigenvalue weighted by Gasteiger charge is 2.21. The van der Waals surface area contributed by atoms with Gasteiger partial charge in [-0.3, -0.25) is 10.1 Å². The summed E-state index contributed by atoms with van der Waals surface area (Å²) in [6.07, 6.45) is 0.900. The fourth-order valence-corrected chi connectivity index (χ4v) is 1.63. The van der Waals surface area contributed by atoms with Crippen LogP contribution in [0.4, 0.5) is 17.5 Å². The summed E-state index contributed by atoms with van der Waals surface area (Å²) in [6, 6.07) is 0. The molecule has 0 radical (unpaired) electrons. The molecule has 0 fully saturated rings. The quantitative estimate of drug-likeness (QED) is 0.331. The van der Waals surface area contributed by atoms with Crippen LogP contribution in [0.15, 0.2) is 0 Å². The highest BCUT2D eigenvalue weighted by Crippen LogP contribution is 2.26. The zero-order valence-electron chi connectivity index (χ0n) is 12.3. The lowest BCUT2D eigenvalue weighted by Crippen LogP contribution is -2.15. The van der Waals surface area contributed by atoms with Crippen molar-refractivity contribution in [3.63, 3.8) is 0 Å². The van der Waals surface area contributed by atoms with Gasteiger partial charge >= 0.3 is 5.69 Å². The van der Waals surface area contributed by atoms with E-state index in [1.807, 2.05) is 6.92 Å². The second-order valence-electron chi connectivity index (χ2n) is 4.28. The smallest absolute Gasteiger partial charge is 0.332 e. The van der Waals surface area contributed by atoms with Crippen LogP contribution in [-0.2, 0) is 4.74 Å². The third kappa shape index (κ3) is 5.48. The van der Waals surface area contributed by atoms with Gasteiger partial charge in [0.25, 0.3) is 0 Å². The van der Waals surface area contributed by atoms with Gasteiger partial charge in [-0.25, -0.2) is 4.98 Å². The number of anilines is 2. The van der Waals surface area contributed by atoms with Crippen molar-refractivity contribution < 1.29 is 14.8 Å². The Hall–Kier alpha value is -2.00. The van der Waals surface area contributed by atoms with Crippen molar-refractivity contribution in [2.24, 2.45) is 0 Å². The lowest BCUT2D eigenvalue weighted by Gasteiger charge is -2.10. The normalized spacial score (nSPS) is 10.4. The van der Waals surface area contributed by atoms with E-state index in [9.17, 15) is 10.1 Å². The number of hydrogen-bond donors (Lipinski definition) is 3. The van der Waals surface area contributed by atoms with Gasteiger partial charge in [-0.2, -0.15) is 4.98 Å². The number of aliphatic hydroxyl groups is 1. The van der Waals surface area contributed by atoms with Gasteiger partial charge in [0, 0.05) is 13.1 Å². The lowest BCUT2D eigenvalue weighted by atomic mass is 10.3. The molecule has 0 atom stereocenters. The van der Waals surface area contributed by atoms with Crippen LogP contribution in [0.1, 0.15) is 19.0 Å². The maximum absolute atomic E-state index is 11.1. The minimum Gasteiger partial charge on any atom is -0.394 e. The number of nitrogens with one attached hydrogen (secondary N) is 2. The fourth-order valence-electron chi connectivity index (χ4n) is 1.63. The maximum atomic E-state index is 11.1. The Morgan fingerprint density at radius 1 is 1.29 bits per heavy atom. The van der Waals surface area contributed by atoms with Crippen molar-refractivity contribution in [2.75, 3.05) is 43.5 Å². The SMILES string of the molecule is CCCNc1nc(C)c([N+](=O)[O-])c(NCCOCCO)n1. The molecular weight excluding hydrogens is 278 g/mol. The van der Waals surface area contributed by atoms with Gasteiger partial charge in [-0.05, 0) is 13.3 Å². The first-order valence-corrected chi connectivity index (χ1v) is 6.79. The third-order valence-electron chi connectivity index (χ3n) is 2.55. The van der Waals surface area contributed by atoms with Crippen LogP contribution < -0.4 is 10.6 Å². The van der Waals surface area contributed by atoms with E-state index in [0.717, 1.165) is 6.42 Å². The monoisotopic (exact) mass is 299 g/mol. The van der Waals surface area contributed by atoms with E-state index < -0.39 is 4.92 Å². The number of ether oxygens (including phenoxy) is 1. The molecule has 0 aromatic carbocycles. The van der Waals surface area contributed by atoms with Crippen LogP contribution in [0.3, 0.4) is 0 Å². The molecule has 9 nitrogen and oxygen atoms in total. The van der Waals surface area contributed by atoms with Crippen molar-refractivity contribution in [2.45, 2.75) is 20.3 Å². The summed E-state index contributed by atoms with van der Waals surface area (Å²) in [5, 5.41) is 25.6. The molecule has 0 aliphatic rings. The number of hydrogen-bond acceptors (Lipinski definition) is 8. The van der Waals surface area contributed by atoms with Crippen LogP contribution in [0, 0.1) is 17.0 Å². The van der Waals surface area contributed by atoms with Gasteiger partial charge in [0.05, 0.1) is 24.7 Å². The second kappa shape index (κ2) is 9.03. The molecule has 0 aliphatic heterocycles. The summed E-state index contributed by atoms with van der Waals surface area (Å²) in [4.78, 5) is 18.8. The predicted octanol–water partition coefficient (Wildman–Crippen LogP) is 0.936. The Bertz CT molecular complexity index is 469. The predicted molar refractivity (Wildman–Crippen MR) is 78.6 cm³/mol. The molecule has 3 N–H and O–H groups in total. The molecule has 0 bridgehead atoms. The Morgan fingerprint density at radius 3 is 2.67 bits per heavy atom. The molecule has 1 aromatic rings. The summed E-state index contributed by atoms with van der Waals surface area (Å²) in [5.74, 6) is 0.525. The topological polar surface area (TPSA) is 122 Å². The van der Waals surface area contributed by atoms with Crippen molar-refractivity contribution in [3.05, 3.63) is 15.8 Å². The van der Waals surface area contributed by atoms with Crippen LogP contribution in [0.2, 0.25) is 0 Å². The number of nitrogens with zero attached hydrogens (tertiary/aromatic N) is 3. The van der Waals surface area contributed by atoms with Gasteiger partial charge in [0.2, 0.25) is 11.8 Å². The Morgan fingerprint density at radius 2 is 2.05 bits per heavy atom. The van der Waals surface area contributed by atoms with E-state index in [1.165, 1.54) is 0 Å². The average Bonchev–Trinajstić information content (AvgIpc) is 2.44. The van der Waals surface area contributed by atoms with E-state index in [-0.39, 0.29) is 24.7 Å². The average molecular weight is 299 g/mol. The highest BCUT2D eigenvalue weighted by atomic mass is 16.6. The molecule has 1 heterocycles. The minimum absolute atomic E-state index is 0.0577. The maximum Gasteiger partial charge on any atom is 0.332 e. The fraction of sp³-hybridized carbons (Fsp3) is 0.667. The van der Waals surface area contributed by atoms with Gasteiger partial charge < -0.3 is 20.5 Å². The first kappa shape index (κ1) is 17.1. The first-order chi connectivity index (χ1) is 10.1.